The van der Waals surface area contributed by atoms with Gasteiger partial charge in [0.1, 0.15) is 11.5 Å². The Balaban J connectivity index is 1.54. The molecule has 0 radical (unpaired) electrons. The summed E-state index contributed by atoms with van der Waals surface area (Å²) in [5.41, 5.74) is 1.71. The zero-order valence-electron chi connectivity index (χ0n) is 20.6. The van der Waals surface area contributed by atoms with Crippen molar-refractivity contribution in [3.05, 3.63) is 90.3 Å². The molecule has 4 N–H and O–H groups in total. The molecule has 0 aliphatic rings. The van der Waals surface area contributed by atoms with Crippen LogP contribution >= 0.6 is 0 Å². The second kappa shape index (κ2) is 11.4. The lowest BCUT2D eigenvalue weighted by Gasteiger charge is -2.28. The van der Waals surface area contributed by atoms with Crippen molar-refractivity contribution in [3.63, 3.8) is 0 Å². The van der Waals surface area contributed by atoms with E-state index in [1.165, 1.54) is 6.20 Å². The first-order valence-electron chi connectivity index (χ1n) is 12.2. The summed E-state index contributed by atoms with van der Waals surface area (Å²) in [5.74, 6) is 0.250. The van der Waals surface area contributed by atoms with Crippen LogP contribution in [0.3, 0.4) is 0 Å². The van der Waals surface area contributed by atoms with Crippen LogP contribution in [0.5, 0.6) is 0 Å². The van der Waals surface area contributed by atoms with Gasteiger partial charge in [0.05, 0.1) is 35.0 Å². The molecule has 36 heavy (non-hydrogen) atoms. The number of carbonyl (C=O) groups is 1. The van der Waals surface area contributed by atoms with Crippen molar-refractivity contribution in [1.29, 1.82) is 0 Å². The van der Waals surface area contributed by atoms with Crippen molar-refractivity contribution in [2.75, 3.05) is 0 Å². The van der Waals surface area contributed by atoms with Gasteiger partial charge in [-0.25, -0.2) is 9.97 Å². The molecule has 0 spiro atoms. The van der Waals surface area contributed by atoms with Crippen LogP contribution in [0.2, 0.25) is 0 Å². The molecule has 8 heteroatoms. The highest BCUT2D eigenvalue weighted by Crippen LogP contribution is 2.28. The number of benzene rings is 2. The third-order valence-corrected chi connectivity index (χ3v) is 6.30. The SMILES string of the molecule is CC(C)(O)CC[C@@H](C[C@H](O)[C@H](Cc1ccccc1)NC(=O)c1cnc2ccccc2n1)c1ncc[nH]1. The quantitative estimate of drug-likeness (QED) is 0.255. The number of nitrogens with one attached hydrogen (secondary N) is 2. The molecular weight excluding hydrogens is 454 g/mol. The smallest absolute Gasteiger partial charge is 0.271 e. The van der Waals surface area contributed by atoms with Crippen LogP contribution in [0.4, 0.5) is 0 Å². The topological polar surface area (TPSA) is 124 Å². The van der Waals surface area contributed by atoms with Gasteiger partial charge in [-0.3, -0.25) is 9.78 Å². The van der Waals surface area contributed by atoms with Crippen LogP contribution in [-0.4, -0.2) is 53.8 Å². The molecule has 8 nitrogen and oxygen atoms in total. The summed E-state index contributed by atoms with van der Waals surface area (Å²) >= 11 is 0. The molecule has 0 bridgehead atoms. The van der Waals surface area contributed by atoms with Crippen molar-refractivity contribution < 1.29 is 15.0 Å². The van der Waals surface area contributed by atoms with Gasteiger partial charge in [-0.2, -0.15) is 0 Å². The molecule has 0 saturated heterocycles. The summed E-state index contributed by atoms with van der Waals surface area (Å²) < 4.78 is 0. The number of fused-ring (bicyclic) bond motifs is 1. The lowest BCUT2D eigenvalue weighted by Crippen LogP contribution is -2.45. The number of carbonyl (C=O) groups excluding carboxylic acids is 1. The van der Waals surface area contributed by atoms with Gasteiger partial charge in [0, 0.05) is 18.3 Å². The number of hydrogen-bond acceptors (Lipinski definition) is 6. The Kier molecular flexibility index (Phi) is 8.07. The van der Waals surface area contributed by atoms with Crippen LogP contribution < -0.4 is 5.32 Å². The molecule has 188 valence electrons. The third-order valence-electron chi connectivity index (χ3n) is 6.30. The van der Waals surface area contributed by atoms with Crippen molar-refractivity contribution in [2.24, 2.45) is 0 Å². The van der Waals surface area contributed by atoms with Gasteiger partial charge in [0.2, 0.25) is 0 Å². The van der Waals surface area contributed by atoms with E-state index in [1.807, 2.05) is 54.6 Å². The maximum absolute atomic E-state index is 13.2. The van der Waals surface area contributed by atoms with E-state index in [0.29, 0.717) is 36.7 Å². The molecule has 0 saturated carbocycles. The molecule has 0 fully saturated rings. The minimum absolute atomic E-state index is 0.114. The first-order valence-corrected chi connectivity index (χ1v) is 12.2. The number of nitrogens with zero attached hydrogens (tertiary/aromatic N) is 3. The highest BCUT2D eigenvalue weighted by Gasteiger charge is 2.28. The average Bonchev–Trinajstić information content (AvgIpc) is 3.40. The molecule has 3 atom stereocenters. The molecule has 2 aromatic heterocycles. The fraction of sp³-hybridized carbons (Fsp3) is 0.357. The van der Waals surface area contributed by atoms with Crippen LogP contribution in [0.25, 0.3) is 11.0 Å². The second-order valence-corrected chi connectivity index (χ2v) is 9.84. The van der Waals surface area contributed by atoms with Gasteiger partial charge < -0.3 is 20.5 Å². The molecule has 2 heterocycles. The Hall–Kier alpha value is -3.62. The van der Waals surface area contributed by atoms with Gasteiger partial charge in [-0.05, 0) is 57.2 Å². The van der Waals surface area contributed by atoms with E-state index in [-0.39, 0.29) is 17.5 Å². The van der Waals surface area contributed by atoms with E-state index >= 15 is 0 Å². The predicted molar refractivity (Wildman–Crippen MR) is 138 cm³/mol. The summed E-state index contributed by atoms with van der Waals surface area (Å²) in [6, 6.07) is 16.6. The van der Waals surface area contributed by atoms with Crippen LogP contribution in [-0.2, 0) is 6.42 Å². The van der Waals surface area contributed by atoms with Crippen molar-refractivity contribution in [2.45, 2.75) is 63.2 Å². The van der Waals surface area contributed by atoms with E-state index < -0.39 is 17.7 Å². The van der Waals surface area contributed by atoms with Gasteiger partial charge in [0.15, 0.2) is 0 Å². The number of rotatable bonds is 11. The van der Waals surface area contributed by atoms with Crippen molar-refractivity contribution >= 4 is 16.9 Å². The maximum atomic E-state index is 13.2. The highest BCUT2D eigenvalue weighted by molar-refractivity contribution is 5.94. The summed E-state index contributed by atoms with van der Waals surface area (Å²) in [5, 5.41) is 24.6. The van der Waals surface area contributed by atoms with E-state index in [2.05, 4.69) is 25.3 Å². The zero-order chi connectivity index (χ0) is 25.5. The molecule has 4 rings (SSSR count). The monoisotopic (exact) mass is 487 g/mol. The highest BCUT2D eigenvalue weighted by atomic mass is 16.3. The lowest BCUT2D eigenvalue weighted by molar-refractivity contribution is 0.0594. The average molecular weight is 488 g/mol. The van der Waals surface area contributed by atoms with E-state index in [4.69, 9.17) is 0 Å². The summed E-state index contributed by atoms with van der Waals surface area (Å²) in [7, 11) is 0. The van der Waals surface area contributed by atoms with Crippen LogP contribution in [0.1, 0.15) is 60.9 Å². The van der Waals surface area contributed by atoms with E-state index in [9.17, 15) is 15.0 Å². The number of aromatic amines is 1. The fourth-order valence-corrected chi connectivity index (χ4v) is 4.31. The number of para-hydroxylation sites is 2. The summed E-state index contributed by atoms with van der Waals surface area (Å²) in [6.45, 7) is 3.54. The molecule has 0 aliphatic carbocycles. The third kappa shape index (κ3) is 6.96. The van der Waals surface area contributed by atoms with Crippen LogP contribution in [0, 0.1) is 0 Å². The predicted octanol–water partition coefficient (Wildman–Crippen LogP) is 3.78. The van der Waals surface area contributed by atoms with Crippen molar-refractivity contribution in [1.82, 2.24) is 25.3 Å². The Morgan fingerprint density at radius 2 is 1.78 bits per heavy atom. The molecule has 4 aromatic rings. The second-order valence-electron chi connectivity index (χ2n) is 9.84. The maximum Gasteiger partial charge on any atom is 0.271 e. The zero-order valence-corrected chi connectivity index (χ0v) is 20.6. The number of hydrogen-bond donors (Lipinski definition) is 4. The normalized spacial score (nSPS) is 14.3. The molecule has 0 unspecified atom stereocenters. The van der Waals surface area contributed by atoms with E-state index in [1.54, 1.807) is 26.2 Å². The number of aliphatic hydroxyl groups excluding tert-OH is 1. The van der Waals surface area contributed by atoms with Crippen LogP contribution in [0.15, 0.2) is 73.2 Å². The first-order chi connectivity index (χ1) is 17.3. The minimum Gasteiger partial charge on any atom is -0.391 e. The molecular formula is C28H33N5O3. The standard InChI is InChI=1S/C28H33N5O3/c1-28(2,36)13-12-20(26-29-14-15-30-26)17-25(34)23(16-19-8-4-3-5-9-19)33-27(35)24-18-31-21-10-6-7-11-22(21)32-24/h3-11,14-15,18,20,23,25,34,36H,12-13,16-17H2,1-2H3,(H,29,30)(H,33,35)/t20-,23-,25-/m0/s1. The summed E-state index contributed by atoms with van der Waals surface area (Å²) in [4.78, 5) is 29.5. The summed E-state index contributed by atoms with van der Waals surface area (Å²) in [6.07, 6.45) is 6.03. The van der Waals surface area contributed by atoms with Gasteiger partial charge in [-0.1, -0.05) is 42.5 Å². The largest absolute Gasteiger partial charge is 0.391 e. The molecule has 0 aliphatic heterocycles. The fourth-order valence-electron chi connectivity index (χ4n) is 4.31. The van der Waals surface area contributed by atoms with E-state index in [0.717, 1.165) is 11.4 Å². The Morgan fingerprint density at radius 1 is 1.06 bits per heavy atom. The number of imidazole rings is 1. The number of aromatic nitrogens is 4. The minimum atomic E-state index is -0.862. The number of aliphatic hydroxyl groups is 2. The van der Waals surface area contributed by atoms with Crippen molar-refractivity contribution in [3.8, 4) is 0 Å². The molecule has 2 aromatic carbocycles. The van der Waals surface area contributed by atoms with Gasteiger partial charge in [0.25, 0.3) is 5.91 Å². The Labute approximate surface area is 210 Å². The van der Waals surface area contributed by atoms with Gasteiger partial charge in [-0.15, -0.1) is 0 Å². The lowest BCUT2D eigenvalue weighted by atomic mass is 9.87. The number of H-pyrrole nitrogens is 1. The van der Waals surface area contributed by atoms with Gasteiger partial charge >= 0.3 is 0 Å². The molecule has 1 amide bonds. The Bertz CT molecular complexity index is 1260. The first kappa shape index (κ1) is 25.5. The Morgan fingerprint density at radius 3 is 2.47 bits per heavy atom. The number of amides is 1.